The lowest BCUT2D eigenvalue weighted by Gasteiger charge is -2.23. The maximum Gasteiger partial charge on any atom is 0.198 e. The largest absolute Gasteiger partial charge is 0.487 e. The molecule has 31 heavy (non-hydrogen) atoms. The van der Waals surface area contributed by atoms with Gasteiger partial charge in [-0.05, 0) is 31.5 Å². The van der Waals surface area contributed by atoms with Gasteiger partial charge in [-0.3, -0.25) is 9.59 Å². The minimum Gasteiger partial charge on any atom is -0.487 e. The molecular formula is C27H22O4. The minimum atomic E-state index is -0.249. The summed E-state index contributed by atoms with van der Waals surface area (Å²) in [6, 6.07) is 18.3. The fourth-order valence-corrected chi connectivity index (χ4v) is 3.67. The Labute approximate surface area is 181 Å². The maximum atomic E-state index is 13.5. The molecule has 0 fully saturated rings. The van der Waals surface area contributed by atoms with Crippen LogP contribution in [0.3, 0.4) is 0 Å². The number of hydrogen-bond acceptors (Lipinski definition) is 4. The maximum absolute atomic E-state index is 13.5. The van der Waals surface area contributed by atoms with Gasteiger partial charge in [-0.2, -0.15) is 0 Å². The van der Waals surface area contributed by atoms with Gasteiger partial charge in [-0.25, -0.2) is 0 Å². The van der Waals surface area contributed by atoms with Gasteiger partial charge < -0.3 is 9.47 Å². The van der Waals surface area contributed by atoms with E-state index in [4.69, 9.17) is 9.47 Å². The second-order valence-corrected chi connectivity index (χ2v) is 7.10. The van der Waals surface area contributed by atoms with Crippen molar-refractivity contribution >= 4 is 17.6 Å². The van der Waals surface area contributed by atoms with Crippen LogP contribution in [0.15, 0.2) is 79.1 Å². The summed E-state index contributed by atoms with van der Waals surface area (Å²) in [7, 11) is 0. The average Bonchev–Trinajstić information content (AvgIpc) is 2.80. The lowest BCUT2D eigenvalue weighted by Crippen LogP contribution is -2.23. The first kappa shape index (κ1) is 20.4. The van der Waals surface area contributed by atoms with Crippen LogP contribution in [0.2, 0.25) is 0 Å². The van der Waals surface area contributed by atoms with Crippen LogP contribution >= 0.6 is 0 Å². The van der Waals surface area contributed by atoms with Gasteiger partial charge in [0.15, 0.2) is 11.6 Å². The van der Waals surface area contributed by atoms with Crippen molar-refractivity contribution in [3.8, 4) is 11.5 Å². The van der Waals surface area contributed by atoms with Crippen LogP contribution in [0.5, 0.6) is 11.5 Å². The number of ketones is 2. The summed E-state index contributed by atoms with van der Waals surface area (Å²) in [6.07, 6.45) is 6.97. The summed E-state index contributed by atoms with van der Waals surface area (Å²) in [4.78, 5) is 26.9. The van der Waals surface area contributed by atoms with E-state index >= 15 is 0 Å². The van der Waals surface area contributed by atoms with Crippen LogP contribution in [0.1, 0.15) is 56.8 Å². The fraction of sp³-hybridized carbons (Fsp3) is 0.111. The van der Waals surface area contributed by atoms with Gasteiger partial charge in [-0.15, -0.1) is 0 Å². The third kappa shape index (κ3) is 3.80. The highest BCUT2D eigenvalue weighted by Crippen LogP contribution is 2.39. The van der Waals surface area contributed by atoms with Crippen molar-refractivity contribution in [1.82, 2.24) is 0 Å². The molecule has 0 aliphatic heterocycles. The monoisotopic (exact) mass is 410 g/mol. The average molecular weight is 410 g/mol. The molecule has 0 amide bonds. The molecule has 0 saturated heterocycles. The number of carbonyl (C=O) groups excluding carboxylic acids is 2. The Morgan fingerprint density at radius 3 is 2.26 bits per heavy atom. The normalized spacial score (nSPS) is 12.8. The molecule has 1 aliphatic rings. The van der Waals surface area contributed by atoms with Crippen LogP contribution in [0.4, 0.5) is 0 Å². The van der Waals surface area contributed by atoms with Gasteiger partial charge in [0.05, 0.1) is 17.4 Å². The predicted octanol–water partition coefficient (Wildman–Crippen LogP) is 5.99. The zero-order valence-electron chi connectivity index (χ0n) is 17.4. The molecule has 4 heteroatoms. The van der Waals surface area contributed by atoms with Crippen molar-refractivity contribution in [1.29, 1.82) is 0 Å². The van der Waals surface area contributed by atoms with Gasteiger partial charge in [0.2, 0.25) is 0 Å². The van der Waals surface area contributed by atoms with E-state index in [2.05, 4.69) is 0 Å². The molecule has 0 atom stereocenters. The third-order valence-corrected chi connectivity index (χ3v) is 5.06. The molecule has 0 heterocycles. The van der Waals surface area contributed by atoms with E-state index in [0.29, 0.717) is 34.8 Å². The van der Waals surface area contributed by atoms with Crippen molar-refractivity contribution in [2.24, 2.45) is 0 Å². The topological polar surface area (TPSA) is 52.6 Å². The Morgan fingerprint density at radius 2 is 1.52 bits per heavy atom. The first-order valence-corrected chi connectivity index (χ1v) is 10.1. The number of hydrogen-bond donors (Lipinski definition) is 0. The van der Waals surface area contributed by atoms with Gasteiger partial charge in [0.1, 0.15) is 18.1 Å². The quantitative estimate of drug-likeness (QED) is 0.367. The number of carbonyl (C=O) groups is 2. The summed E-state index contributed by atoms with van der Waals surface area (Å²) in [5, 5.41) is 0. The Kier molecular flexibility index (Phi) is 5.80. The summed E-state index contributed by atoms with van der Waals surface area (Å²) in [6.45, 7) is 4.00. The summed E-state index contributed by atoms with van der Waals surface area (Å²) in [5.41, 5.74) is 2.96. The molecule has 3 aromatic carbocycles. The minimum absolute atomic E-state index is 0.245. The zero-order chi connectivity index (χ0) is 21.8. The molecular weight excluding hydrogens is 388 g/mol. The van der Waals surface area contributed by atoms with Gasteiger partial charge >= 0.3 is 0 Å². The van der Waals surface area contributed by atoms with Crippen molar-refractivity contribution in [3.63, 3.8) is 0 Å². The van der Waals surface area contributed by atoms with Crippen LogP contribution in [0, 0.1) is 0 Å². The highest BCUT2D eigenvalue weighted by molar-refractivity contribution is 6.30. The summed E-state index contributed by atoms with van der Waals surface area (Å²) >= 11 is 0. The number of allylic oxidation sites excluding steroid dienone is 2. The van der Waals surface area contributed by atoms with Crippen molar-refractivity contribution in [3.05, 3.63) is 112 Å². The summed E-state index contributed by atoms with van der Waals surface area (Å²) < 4.78 is 11.7. The van der Waals surface area contributed by atoms with E-state index in [1.807, 2.05) is 62.4 Å². The molecule has 0 spiro atoms. The Hall–Kier alpha value is -3.92. The van der Waals surface area contributed by atoms with E-state index in [1.165, 1.54) is 6.26 Å². The van der Waals surface area contributed by atoms with Gasteiger partial charge in [-0.1, -0.05) is 66.8 Å². The number of fused-ring (bicyclic) bond motifs is 2. The summed E-state index contributed by atoms with van der Waals surface area (Å²) in [5.74, 6) is 0.290. The van der Waals surface area contributed by atoms with Gasteiger partial charge in [0.25, 0.3) is 0 Å². The molecule has 154 valence electrons. The first-order chi connectivity index (χ1) is 15.2. The van der Waals surface area contributed by atoms with Crippen LogP contribution in [-0.2, 0) is 6.61 Å². The van der Waals surface area contributed by atoms with E-state index < -0.39 is 0 Å². The van der Waals surface area contributed by atoms with E-state index in [9.17, 15) is 9.59 Å². The molecule has 0 radical (unpaired) electrons. The standard InChI is InChI=1S/C27H22O4/c1-3-9-19-14-15-21-24(27(19)31-17-18-10-6-5-7-11-18)26(29)20-12-8-13-22(30-16-4-2)23(20)25(21)28/h3-16H,17H2,1-2H3/b9-3+,16-4+. The second-order valence-electron chi connectivity index (χ2n) is 7.10. The highest BCUT2D eigenvalue weighted by atomic mass is 16.5. The van der Waals surface area contributed by atoms with E-state index in [0.717, 1.165) is 11.1 Å². The van der Waals surface area contributed by atoms with Gasteiger partial charge in [0, 0.05) is 16.7 Å². The molecule has 3 aromatic rings. The molecule has 0 bridgehead atoms. The molecule has 0 N–H and O–H groups in total. The molecule has 1 aliphatic carbocycles. The highest BCUT2D eigenvalue weighted by Gasteiger charge is 2.35. The Morgan fingerprint density at radius 1 is 0.774 bits per heavy atom. The molecule has 0 saturated carbocycles. The number of ether oxygens (including phenoxy) is 2. The molecule has 4 nitrogen and oxygen atoms in total. The van der Waals surface area contributed by atoms with Crippen molar-refractivity contribution in [2.75, 3.05) is 0 Å². The number of rotatable bonds is 6. The zero-order valence-corrected chi connectivity index (χ0v) is 17.4. The second kappa shape index (κ2) is 8.84. The predicted molar refractivity (Wildman–Crippen MR) is 121 cm³/mol. The fourth-order valence-electron chi connectivity index (χ4n) is 3.67. The molecule has 0 unspecified atom stereocenters. The van der Waals surface area contributed by atoms with Crippen molar-refractivity contribution in [2.45, 2.75) is 20.5 Å². The number of benzene rings is 3. The molecule has 0 aromatic heterocycles. The van der Waals surface area contributed by atoms with E-state index in [-0.39, 0.29) is 17.1 Å². The SMILES string of the molecule is C/C=C/Oc1cccc2c1C(=O)c1ccc(/C=C/C)c(OCc3ccccc3)c1C2=O. The Balaban J connectivity index is 1.84. The van der Waals surface area contributed by atoms with Crippen LogP contribution < -0.4 is 9.47 Å². The lowest BCUT2D eigenvalue weighted by molar-refractivity contribution is 0.0973. The van der Waals surface area contributed by atoms with Crippen LogP contribution in [-0.4, -0.2) is 11.6 Å². The molecule has 4 rings (SSSR count). The van der Waals surface area contributed by atoms with E-state index in [1.54, 1.807) is 30.3 Å². The smallest absolute Gasteiger partial charge is 0.198 e. The lowest BCUT2D eigenvalue weighted by atomic mass is 9.82. The Bertz CT molecular complexity index is 1200. The third-order valence-electron chi connectivity index (χ3n) is 5.06. The van der Waals surface area contributed by atoms with Crippen molar-refractivity contribution < 1.29 is 19.1 Å². The first-order valence-electron chi connectivity index (χ1n) is 10.1. The van der Waals surface area contributed by atoms with Crippen LogP contribution in [0.25, 0.3) is 6.08 Å².